The lowest BCUT2D eigenvalue weighted by atomic mass is 9.88. The predicted octanol–water partition coefficient (Wildman–Crippen LogP) is 16.1. The highest BCUT2D eigenvalue weighted by atomic mass is 32.1. The van der Waals surface area contributed by atoms with Crippen molar-refractivity contribution in [2.45, 2.75) is 12.8 Å². The molecule has 0 atom stereocenters. The third-order valence-corrected chi connectivity index (χ3v) is 14.6. The van der Waals surface area contributed by atoms with E-state index < -0.39 is 0 Å². The minimum Gasteiger partial charge on any atom is -0.134 e. The maximum Gasteiger partial charge on any atom is 0.0434 e. The maximum absolute atomic E-state index is 2.48. The van der Waals surface area contributed by atoms with Gasteiger partial charge in [0.15, 0.2) is 0 Å². The van der Waals surface area contributed by atoms with E-state index in [2.05, 4.69) is 182 Å². The fourth-order valence-electron chi connectivity index (χ4n) is 9.39. The van der Waals surface area contributed by atoms with Crippen molar-refractivity contribution < 1.29 is 0 Å². The van der Waals surface area contributed by atoms with Crippen molar-refractivity contribution in [3.8, 4) is 33.4 Å². The lowest BCUT2D eigenvalue weighted by Crippen LogP contribution is -1.97. The molecular weight excluding hydrogens is 713 g/mol. The third kappa shape index (κ3) is 4.83. The van der Waals surface area contributed by atoms with E-state index in [4.69, 9.17) is 0 Å². The van der Waals surface area contributed by atoms with Gasteiger partial charge in [-0.2, -0.15) is 0 Å². The third-order valence-electron chi connectivity index (χ3n) is 12.0. The summed E-state index contributed by atoms with van der Waals surface area (Å²) in [7, 11) is 0. The Kier molecular flexibility index (Phi) is 7.20. The summed E-state index contributed by atoms with van der Waals surface area (Å²) in [6.45, 7) is 0. The van der Waals surface area contributed by atoms with Gasteiger partial charge in [0.25, 0.3) is 0 Å². The van der Waals surface area contributed by atoms with E-state index in [1.54, 1.807) is 0 Å². The first-order valence-electron chi connectivity index (χ1n) is 19.5. The first-order chi connectivity index (χ1) is 27.8. The first-order valence-corrected chi connectivity index (χ1v) is 21.1. The molecular formula is C54H34S2. The Morgan fingerprint density at radius 1 is 0.321 bits per heavy atom. The average molecular weight is 747 g/mol. The molecule has 0 aliphatic heterocycles. The number of thiophene rings is 2. The van der Waals surface area contributed by atoms with E-state index in [9.17, 15) is 0 Å². The predicted molar refractivity (Wildman–Crippen MR) is 245 cm³/mol. The SMILES string of the molecule is C1=C(c2ccc3c4ccccc4c4ccccc4c3c2)c2sc3c(-c4cccc(-c5cccc6c5sc5c(-c7ccccc7)cccc56)c4)cccc3c2CC1. The minimum atomic E-state index is 1.05. The van der Waals surface area contributed by atoms with Crippen LogP contribution in [-0.4, -0.2) is 0 Å². The average Bonchev–Trinajstić information content (AvgIpc) is 3.86. The van der Waals surface area contributed by atoms with Crippen LogP contribution in [0.2, 0.25) is 0 Å². The van der Waals surface area contributed by atoms with Crippen molar-refractivity contribution in [1.82, 2.24) is 0 Å². The van der Waals surface area contributed by atoms with Gasteiger partial charge in [-0.25, -0.2) is 0 Å². The molecule has 2 aromatic heterocycles. The van der Waals surface area contributed by atoms with Crippen molar-refractivity contribution in [1.29, 1.82) is 0 Å². The quantitative estimate of drug-likeness (QED) is 0.157. The van der Waals surface area contributed by atoms with Crippen LogP contribution in [0.5, 0.6) is 0 Å². The Labute approximate surface area is 333 Å². The second-order valence-electron chi connectivity index (χ2n) is 15.0. The molecule has 0 fully saturated rings. The van der Waals surface area contributed by atoms with Gasteiger partial charge in [0.1, 0.15) is 0 Å². The van der Waals surface area contributed by atoms with Gasteiger partial charge in [-0.15, -0.1) is 22.7 Å². The fraction of sp³-hybridized carbons (Fsp3) is 0.0370. The van der Waals surface area contributed by atoms with Gasteiger partial charge in [0.2, 0.25) is 0 Å². The van der Waals surface area contributed by atoms with Crippen LogP contribution in [0.15, 0.2) is 182 Å². The number of benzene rings is 9. The van der Waals surface area contributed by atoms with Gasteiger partial charge in [-0.3, -0.25) is 0 Å². The summed E-state index contributed by atoms with van der Waals surface area (Å²) in [5, 5.41) is 12.0. The number of hydrogen-bond acceptors (Lipinski definition) is 2. The molecule has 12 rings (SSSR count). The Morgan fingerprint density at radius 3 is 1.45 bits per heavy atom. The molecule has 1 aliphatic rings. The van der Waals surface area contributed by atoms with E-state index in [1.807, 2.05) is 22.7 Å². The molecule has 56 heavy (non-hydrogen) atoms. The summed E-state index contributed by atoms with van der Waals surface area (Å²) in [4.78, 5) is 1.42. The number of aryl methyl sites for hydroxylation is 1. The highest BCUT2D eigenvalue weighted by Crippen LogP contribution is 2.48. The highest BCUT2D eigenvalue weighted by molar-refractivity contribution is 7.27. The van der Waals surface area contributed by atoms with E-state index in [1.165, 1.54) is 118 Å². The minimum absolute atomic E-state index is 1.05. The van der Waals surface area contributed by atoms with E-state index in [-0.39, 0.29) is 0 Å². The lowest BCUT2D eigenvalue weighted by Gasteiger charge is -2.16. The van der Waals surface area contributed by atoms with Gasteiger partial charge in [0.05, 0.1) is 0 Å². The number of rotatable bonds is 4. The van der Waals surface area contributed by atoms with Gasteiger partial charge in [0, 0.05) is 29.7 Å². The van der Waals surface area contributed by atoms with Crippen LogP contribution >= 0.6 is 22.7 Å². The molecule has 2 heterocycles. The van der Waals surface area contributed by atoms with Crippen molar-refractivity contribution >= 4 is 90.8 Å². The number of fused-ring (bicyclic) bond motifs is 12. The standard InChI is InChI=1S/C54H34S2/c1-2-13-33(14-3-1)37-21-9-25-46-47-26-10-22-38(52(47)55-51(37)46)34-15-8-16-35(31-34)39-23-11-27-48-49-28-12-24-40(54(49)56-53(39)48)36-29-30-45-43-19-5-4-17-41(43)42-18-6-7-20-44(42)50(45)32-36/h1-11,13-27,29-32H,12,28H2. The Balaban J connectivity index is 0.981. The summed E-state index contributed by atoms with van der Waals surface area (Å²) in [6.07, 6.45) is 4.61. The van der Waals surface area contributed by atoms with E-state index >= 15 is 0 Å². The van der Waals surface area contributed by atoms with Gasteiger partial charge < -0.3 is 0 Å². The zero-order chi connectivity index (χ0) is 36.7. The summed E-state index contributed by atoms with van der Waals surface area (Å²) in [5.74, 6) is 0. The van der Waals surface area contributed by atoms with Crippen LogP contribution in [0, 0.1) is 0 Å². The summed E-state index contributed by atoms with van der Waals surface area (Å²) < 4.78 is 4.08. The molecule has 0 radical (unpaired) electrons. The van der Waals surface area contributed by atoms with Gasteiger partial charge >= 0.3 is 0 Å². The molecule has 0 amide bonds. The second kappa shape index (κ2) is 12.6. The molecule has 0 spiro atoms. The molecule has 0 saturated heterocycles. The summed E-state index contributed by atoms with van der Waals surface area (Å²) in [6, 6.07) is 65.5. The second-order valence-corrected chi connectivity index (χ2v) is 17.1. The van der Waals surface area contributed by atoms with Crippen molar-refractivity contribution in [2.75, 3.05) is 0 Å². The lowest BCUT2D eigenvalue weighted by molar-refractivity contribution is 0.998. The van der Waals surface area contributed by atoms with Crippen LogP contribution in [0.3, 0.4) is 0 Å². The number of allylic oxidation sites excluding steroid dienone is 1. The van der Waals surface area contributed by atoms with Crippen molar-refractivity contribution in [3.05, 3.63) is 198 Å². The molecule has 262 valence electrons. The smallest absolute Gasteiger partial charge is 0.0434 e. The zero-order valence-corrected chi connectivity index (χ0v) is 32.2. The summed E-state index contributed by atoms with van der Waals surface area (Å²) in [5.41, 5.74) is 11.9. The summed E-state index contributed by atoms with van der Waals surface area (Å²) >= 11 is 3.90. The van der Waals surface area contributed by atoms with Gasteiger partial charge in [-0.05, 0) is 113 Å². The Hall–Kier alpha value is -6.32. The molecule has 9 aromatic carbocycles. The van der Waals surface area contributed by atoms with Crippen molar-refractivity contribution in [2.24, 2.45) is 0 Å². The molecule has 11 aromatic rings. The first kappa shape index (κ1) is 32.0. The van der Waals surface area contributed by atoms with E-state index in [0.29, 0.717) is 0 Å². The molecule has 0 bridgehead atoms. The zero-order valence-electron chi connectivity index (χ0n) is 30.6. The molecule has 0 nitrogen and oxygen atoms in total. The van der Waals surface area contributed by atoms with Gasteiger partial charge in [-0.1, -0.05) is 170 Å². The van der Waals surface area contributed by atoms with Crippen LogP contribution < -0.4 is 0 Å². The van der Waals surface area contributed by atoms with Crippen LogP contribution in [0.25, 0.3) is 102 Å². The highest BCUT2D eigenvalue weighted by Gasteiger charge is 2.23. The Morgan fingerprint density at radius 2 is 0.804 bits per heavy atom. The molecule has 0 unspecified atom stereocenters. The fourth-order valence-corrected chi connectivity index (χ4v) is 12.2. The maximum atomic E-state index is 2.48. The molecule has 1 aliphatic carbocycles. The normalized spacial score (nSPS) is 13.0. The molecule has 0 N–H and O–H groups in total. The monoisotopic (exact) mass is 746 g/mol. The largest absolute Gasteiger partial charge is 0.134 e. The molecule has 0 saturated carbocycles. The van der Waals surface area contributed by atoms with Crippen LogP contribution in [-0.2, 0) is 6.42 Å². The Bertz CT molecular complexity index is 3380. The molecule has 2 heteroatoms. The van der Waals surface area contributed by atoms with E-state index in [0.717, 1.165) is 12.8 Å². The van der Waals surface area contributed by atoms with Crippen LogP contribution in [0.1, 0.15) is 22.4 Å². The van der Waals surface area contributed by atoms with Crippen molar-refractivity contribution in [3.63, 3.8) is 0 Å². The topological polar surface area (TPSA) is 0 Å². The van der Waals surface area contributed by atoms with Crippen LogP contribution in [0.4, 0.5) is 0 Å². The number of hydrogen-bond donors (Lipinski definition) is 0.